The van der Waals surface area contributed by atoms with E-state index in [1.807, 2.05) is 6.92 Å². The monoisotopic (exact) mass is 211 g/mol. The SMILES string of the molecule is C=C(C)C(=C)NCCCCC(C)C(=O)O. The van der Waals surface area contributed by atoms with E-state index in [-0.39, 0.29) is 5.92 Å². The van der Waals surface area contributed by atoms with Gasteiger partial charge in [-0.15, -0.1) is 0 Å². The Kier molecular flexibility index (Phi) is 6.50. The smallest absolute Gasteiger partial charge is 0.306 e. The molecule has 0 aromatic heterocycles. The first-order valence-corrected chi connectivity index (χ1v) is 5.26. The fourth-order valence-corrected chi connectivity index (χ4v) is 1.09. The minimum absolute atomic E-state index is 0.241. The first-order chi connectivity index (χ1) is 6.95. The molecule has 0 radical (unpaired) electrons. The second kappa shape index (κ2) is 7.10. The lowest BCUT2D eigenvalue weighted by Gasteiger charge is -2.09. The molecule has 0 saturated carbocycles. The molecule has 1 atom stereocenters. The van der Waals surface area contributed by atoms with Crippen molar-refractivity contribution in [3.8, 4) is 0 Å². The van der Waals surface area contributed by atoms with Crippen molar-refractivity contribution in [3.63, 3.8) is 0 Å². The lowest BCUT2D eigenvalue weighted by molar-refractivity contribution is -0.141. The Bertz CT molecular complexity index is 246. The number of carboxylic acid groups (broad SMARTS) is 1. The van der Waals surface area contributed by atoms with E-state index in [1.54, 1.807) is 6.92 Å². The van der Waals surface area contributed by atoms with E-state index in [2.05, 4.69) is 18.5 Å². The average molecular weight is 211 g/mol. The van der Waals surface area contributed by atoms with Gasteiger partial charge < -0.3 is 10.4 Å². The molecule has 0 rings (SSSR count). The number of nitrogens with one attached hydrogen (secondary N) is 1. The van der Waals surface area contributed by atoms with Gasteiger partial charge in [-0.25, -0.2) is 0 Å². The van der Waals surface area contributed by atoms with Crippen molar-refractivity contribution in [2.24, 2.45) is 5.92 Å². The van der Waals surface area contributed by atoms with Gasteiger partial charge in [0.25, 0.3) is 0 Å². The summed E-state index contributed by atoms with van der Waals surface area (Å²) in [6.45, 7) is 12.1. The van der Waals surface area contributed by atoms with E-state index in [0.29, 0.717) is 0 Å². The first kappa shape index (κ1) is 13.8. The van der Waals surface area contributed by atoms with Crippen LogP contribution in [0.4, 0.5) is 0 Å². The number of rotatable bonds is 8. The van der Waals surface area contributed by atoms with Crippen molar-refractivity contribution in [2.45, 2.75) is 33.1 Å². The van der Waals surface area contributed by atoms with Crippen molar-refractivity contribution >= 4 is 5.97 Å². The van der Waals surface area contributed by atoms with E-state index >= 15 is 0 Å². The maximum absolute atomic E-state index is 10.5. The molecule has 0 bridgehead atoms. The summed E-state index contributed by atoms with van der Waals surface area (Å²) in [7, 11) is 0. The fraction of sp³-hybridized carbons (Fsp3) is 0.583. The second-order valence-corrected chi connectivity index (χ2v) is 3.92. The Morgan fingerprint density at radius 3 is 2.47 bits per heavy atom. The topological polar surface area (TPSA) is 49.3 Å². The van der Waals surface area contributed by atoms with Gasteiger partial charge in [0.1, 0.15) is 0 Å². The molecule has 0 aliphatic rings. The van der Waals surface area contributed by atoms with E-state index in [0.717, 1.165) is 37.1 Å². The molecule has 0 aliphatic heterocycles. The lowest BCUT2D eigenvalue weighted by Crippen LogP contribution is -2.15. The standard InChI is InChI=1S/C12H21NO2/c1-9(2)11(4)13-8-6-5-7-10(3)12(14)15/h10,13H,1,4-8H2,2-3H3,(H,14,15). The number of unbranched alkanes of at least 4 members (excludes halogenated alkanes) is 1. The number of carbonyl (C=O) groups is 1. The summed E-state index contributed by atoms with van der Waals surface area (Å²) in [6.07, 6.45) is 2.62. The Labute approximate surface area is 91.9 Å². The molecule has 15 heavy (non-hydrogen) atoms. The molecule has 0 aromatic rings. The molecular weight excluding hydrogens is 190 g/mol. The molecule has 0 spiro atoms. The van der Waals surface area contributed by atoms with Crippen LogP contribution in [0.3, 0.4) is 0 Å². The Morgan fingerprint density at radius 2 is 2.00 bits per heavy atom. The average Bonchev–Trinajstić information content (AvgIpc) is 2.16. The summed E-state index contributed by atoms with van der Waals surface area (Å²) < 4.78 is 0. The van der Waals surface area contributed by atoms with Crippen LogP contribution in [0, 0.1) is 5.92 Å². The van der Waals surface area contributed by atoms with Crippen LogP contribution in [0.1, 0.15) is 33.1 Å². The number of aliphatic carboxylic acids is 1. The van der Waals surface area contributed by atoms with Crippen molar-refractivity contribution in [1.29, 1.82) is 0 Å². The van der Waals surface area contributed by atoms with Crippen molar-refractivity contribution < 1.29 is 9.90 Å². The van der Waals surface area contributed by atoms with Crippen LogP contribution in [0.5, 0.6) is 0 Å². The molecule has 0 aliphatic carbocycles. The zero-order valence-corrected chi connectivity index (χ0v) is 9.68. The summed E-state index contributed by atoms with van der Waals surface area (Å²) in [5, 5.41) is 11.8. The van der Waals surface area contributed by atoms with Gasteiger partial charge >= 0.3 is 5.97 Å². The Hall–Kier alpha value is -1.25. The summed E-state index contributed by atoms with van der Waals surface area (Å²) in [4.78, 5) is 10.5. The normalized spacial score (nSPS) is 11.9. The van der Waals surface area contributed by atoms with E-state index in [1.165, 1.54) is 0 Å². The van der Waals surface area contributed by atoms with Crippen LogP contribution in [0.15, 0.2) is 24.4 Å². The van der Waals surface area contributed by atoms with Gasteiger partial charge in [0.15, 0.2) is 0 Å². The van der Waals surface area contributed by atoms with Crippen LogP contribution < -0.4 is 5.32 Å². The van der Waals surface area contributed by atoms with Gasteiger partial charge in [0, 0.05) is 12.2 Å². The molecule has 1 unspecified atom stereocenters. The van der Waals surface area contributed by atoms with E-state index in [9.17, 15) is 4.79 Å². The highest BCUT2D eigenvalue weighted by Crippen LogP contribution is 2.07. The van der Waals surface area contributed by atoms with Gasteiger partial charge in [-0.1, -0.05) is 26.5 Å². The maximum Gasteiger partial charge on any atom is 0.306 e. The third-order valence-electron chi connectivity index (χ3n) is 2.34. The highest BCUT2D eigenvalue weighted by molar-refractivity contribution is 5.69. The Balaban J connectivity index is 3.44. The number of hydrogen-bond donors (Lipinski definition) is 2. The maximum atomic E-state index is 10.5. The molecule has 86 valence electrons. The van der Waals surface area contributed by atoms with Crippen LogP contribution in [-0.2, 0) is 4.79 Å². The molecule has 3 nitrogen and oxygen atoms in total. The zero-order chi connectivity index (χ0) is 11.8. The molecular formula is C12H21NO2. The summed E-state index contributed by atoms with van der Waals surface area (Å²) in [5.41, 5.74) is 1.80. The van der Waals surface area contributed by atoms with Gasteiger partial charge in [0.2, 0.25) is 0 Å². The highest BCUT2D eigenvalue weighted by atomic mass is 16.4. The van der Waals surface area contributed by atoms with Gasteiger partial charge in [-0.3, -0.25) is 4.79 Å². The zero-order valence-electron chi connectivity index (χ0n) is 9.68. The minimum Gasteiger partial charge on any atom is -0.481 e. The molecule has 0 amide bonds. The highest BCUT2D eigenvalue weighted by Gasteiger charge is 2.09. The quantitative estimate of drug-likeness (QED) is 0.479. The van der Waals surface area contributed by atoms with Crippen LogP contribution >= 0.6 is 0 Å². The van der Waals surface area contributed by atoms with Crippen molar-refractivity contribution in [1.82, 2.24) is 5.32 Å². The lowest BCUT2D eigenvalue weighted by atomic mass is 10.0. The van der Waals surface area contributed by atoms with Crippen molar-refractivity contribution in [3.05, 3.63) is 24.4 Å². The van der Waals surface area contributed by atoms with Gasteiger partial charge in [-0.05, 0) is 25.3 Å². The summed E-state index contributed by atoms with van der Waals surface area (Å²) >= 11 is 0. The fourth-order valence-electron chi connectivity index (χ4n) is 1.09. The first-order valence-electron chi connectivity index (χ1n) is 5.26. The minimum atomic E-state index is -0.714. The largest absolute Gasteiger partial charge is 0.481 e. The number of hydrogen-bond acceptors (Lipinski definition) is 2. The number of carboxylic acids is 1. The molecule has 0 fully saturated rings. The van der Waals surface area contributed by atoms with E-state index < -0.39 is 5.97 Å². The molecule has 0 saturated heterocycles. The van der Waals surface area contributed by atoms with E-state index in [4.69, 9.17) is 5.11 Å². The van der Waals surface area contributed by atoms with Crippen LogP contribution in [0.25, 0.3) is 0 Å². The summed E-state index contributed by atoms with van der Waals surface area (Å²) in [5.74, 6) is -0.955. The second-order valence-electron chi connectivity index (χ2n) is 3.92. The number of allylic oxidation sites excluding steroid dienone is 1. The predicted octanol–water partition coefficient (Wildman–Crippen LogP) is 2.56. The molecule has 3 heteroatoms. The van der Waals surface area contributed by atoms with Gasteiger partial charge in [0.05, 0.1) is 5.92 Å². The third kappa shape index (κ3) is 6.77. The Morgan fingerprint density at radius 1 is 1.40 bits per heavy atom. The van der Waals surface area contributed by atoms with Crippen molar-refractivity contribution in [2.75, 3.05) is 6.54 Å². The predicted molar refractivity (Wildman–Crippen MR) is 62.6 cm³/mol. The molecule has 0 heterocycles. The molecule has 0 aromatic carbocycles. The van der Waals surface area contributed by atoms with Crippen LogP contribution in [0.2, 0.25) is 0 Å². The summed E-state index contributed by atoms with van der Waals surface area (Å²) in [6, 6.07) is 0. The van der Waals surface area contributed by atoms with Gasteiger partial charge in [-0.2, -0.15) is 0 Å². The molecule has 2 N–H and O–H groups in total. The third-order valence-corrected chi connectivity index (χ3v) is 2.34. The van der Waals surface area contributed by atoms with Crippen LogP contribution in [-0.4, -0.2) is 17.6 Å².